The average molecular weight is 882 g/mol. The fourth-order valence-electron chi connectivity index (χ4n) is 7.95. The lowest BCUT2D eigenvalue weighted by Crippen LogP contribution is -2.35. The van der Waals surface area contributed by atoms with Gasteiger partial charge in [-0.2, -0.15) is 10.2 Å². The van der Waals surface area contributed by atoms with Gasteiger partial charge in [-0.25, -0.2) is 19.9 Å². The van der Waals surface area contributed by atoms with Crippen LogP contribution in [0.25, 0.3) is 22.8 Å². The number of nitrogen functional groups attached to an aromatic ring is 1. The number of fused-ring (bicyclic) bond motifs is 6. The third-order valence-electron chi connectivity index (χ3n) is 10.8. The number of ether oxygens (including phenoxy) is 2. The molecule has 23 heteroatoms. The second-order valence-corrected chi connectivity index (χ2v) is 15.1. The summed E-state index contributed by atoms with van der Waals surface area (Å²) >= 11 is 0. The highest BCUT2D eigenvalue weighted by molar-refractivity contribution is 5.96. The van der Waals surface area contributed by atoms with E-state index in [2.05, 4.69) is 56.1 Å². The summed E-state index contributed by atoms with van der Waals surface area (Å²) < 4.78 is 51.9. The lowest BCUT2D eigenvalue weighted by atomic mass is 9.93. The maximum absolute atomic E-state index is 13.1. The Morgan fingerprint density at radius 2 is 1.34 bits per heavy atom. The molecule has 1 fully saturated rings. The molecule has 9 rings (SSSR count). The number of halogens is 3. The second kappa shape index (κ2) is 17.2. The summed E-state index contributed by atoms with van der Waals surface area (Å²) in [7, 11) is 5.00. The highest BCUT2D eigenvalue weighted by Crippen LogP contribution is 2.38. The van der Waals surface area contributed by atoms with E-state index in [-0.39, 0.29) is 35.0 Å². The average Bonchev–Trinajstić information content (AvgIpc) is 4.00. The molecule has 6 aromatic rings. The van der Waals surface area contributed by atoms with Gasteiger partial charge in [0.25, 0.3) is 11.8 Å². The molecule has 332 valence electrons. The monoisotopic (exact) mass is 881 g/mol. The predicted molar refractivity (Wildman–Crippen MR) is 227 cm³/mol. The van der Waals surface area contributed by atoms with Crippen LogP contribution in [-0.4, -0.2) is 83.3 Å². The van der Waals surface area contributed by atoms with Gasteiger partial charge in [0.2, 0.25) is 17.8 Å². The number of anilines is 6. The standard InChI is InChI=1S/C23H23F3N8O3.C18H19N7O2/c1-34-19-13(18(33-34)20(27)35)6-4-11-10-29-22(32-17(11)19)31-15-9-12(5-7-16(15)37-23(24,25)26)30-21(36)14-3-2-8-28-14;1-25-16-11(15(24-25)17(20)26)5-3-9-8-21-18(23-14(9)16)22-12-7-10(19)4-6-13(12)27-2/h5,7,9-10,14,28H,2-4,6,8H2,1H3,(H2,27,35)(H,30,36)(H,29,31,32);4,6-8H,3,5,19H2,1-2H3,(H2,20,26)(H,21,22,23)/t14-;/m0./s1. The SMILES string of the molecule is COc1ccc(N)cc1Nc1ncc2c(n1)-c1c(c(C(N)=O)nn1C)CC2.Cn1nc(C(N)=O)c2c1-c1nc(Nc3cc(NC(=O)[C@@H]4CCCN4)ccc3OC(F)(F)F)ncc1CC2. The summed E-state index contributed by atoms with van der Waals surface area (Å²) in [5.41, 5.74) is 24.5. The Morgan fingerprint density at radius 3 is 1.84 bits per heavy atom. The van der Waals surface area contributed by atoms with Crippen LogP contribution in [0.3, 0.4) is 0 Å². The molecule has 2 aliphatic carbocycles. The van der Waals surface area contributed by atoms with Gasteiger partial charge in [-0.15, -0.1) is 13.2 Å². The fourth-order valence-corrected chi connectivity index (χ4v) is 7.95. The van der Waals surface area contributed by atoms with Crippen LogP contribution in [0.4, 0.5) is 47.8 Å². The highest BCUT2D eigenvalue weighted by Gasteiger charge is 2.33. The van der Waals surface area contributed by atoms with Crippen LogP contribution in [-0.2, 0) is 44.6 Å². The summed E-state index contributed by atoms with van der Waals surface area (Å²) in [5.74, 6) is -0.994. The van der Waals surface area contributed by atoms with Crippen molar-refractivity contribution in [2.45, 2.75) is 50.9 Å². The van der Waals surface area contributed by atoms with E-state index in [9.17, 15) is 27.6 Å². The van der Waals surface area contributed by atoms with Crippen LogP contribution >= 0.6 is 0 Å². The van der Waals surface area contributed by atoms with Crippen LogP contribution in [0.15, 0.2) is 48.8 Å². The highest BCUT2D eigenvalue weighted by atomic mass is 19.4. The van der Waals surface area contributed by atoms with Crippen molar-refractivity contribution >= 4 is 52.4 Å². The normalized spacial score (nSPS) is 14.8. The Balaban J connectivity index is 0.000000184. The number of alkyl halides is 3. The third kappa shape index (κ3) is 8.77. The molecule has 0 spiro atoms. The number of hydrogen-bond acceptors (Lipinski definition) is 15. The Bertz CT molecular complexity index is 2820. The van der Waals surface area contributed by atoms with Crippen molar-refractivity contribution in [2.75, 3.05) is 35.3 Å². The molecule has 4 aromatic heterocycles. The Morgan fingerprint density at radius 1 is 0.797 bits per heavy atom. The van der Waals surface area contributed by atoms with Crippen molar-refractivity contribution < 1.29 is 37.0 Å². The number of nitrogens with two attached hydrogens (primary N) is 3. The quantitative estimate of drug-likeness (QED) is 0.0964. The van der Waals surface area contributed by atoms with Crippen LogP contribution in [0.5, 0.6) is 11.5 Å². The van der Waals surface area contributed by atoms with E-state index < -0.39 is 23.9 Å². The second-order valence-electron chi connectivity index (χ2n) is 15.1. The minimum absolute atomic E-state index is 0.0126. The molecular weight excluding hydrogens is 840 g/mol. The van der Waals surface area contributed by atoms with E-state index in [1.807, 2.05) is 0 Å². The van der Waals surface area contributed by atoms with E-state index in [4.69, 9.17) is 21.9 Å². The number of carbonyl (C=O) groups excluding carboxylic acids is 3. The lowest BCUT2D eigenvalue weighted by Gasteiger charge is -2.19. The van der Waals surface area contributed by atoms with Gasteiger partial charge in [-0.1, -0.05) is 0 Å². The molecule has 2 aromatic carbocycles. The van der Waals surface area contributed by atoms with Crippen molar-refractivity contribution in [3.05, 3.63) is 82.4 Å². The minimum Gasteiger partial charge on any atom is -0.495 e. The van der Waals surface area contributed by atoms with Crippen molar-refractivity contribution in [3.8, 4) is 34.3 Å². The van der Waals surface area contributed by atoms with Gasteiger partial charge in [0.15, 0.2) is 17.1 Å². The van der Waals surface area contributed by atoms with E-state index in [1.54, 1.807) is 56.5 Å². The number of methoxy groups -OCH3 is 1. The van der Waals surface area contributed by atoms with E-state index >= 15 is 0 Å². The topological polar surface area (TPSA) is 283 Å². The molecule has 3 aliphatic rings. The summed E-state index contributed by atoms with van der Waals surface area (Å²) in [6, 6.07) is 8.65. The Labute approximate surface area is 362 Å². The first-order chi connectivity index (χ1) is 30.6. The molecule has 5 heterocycles. The van der Waals surface area contributed by atoms with Crippen molar-refractivity contribution in [3.63, 3.8) is 0 Å². The molecule has 1 saturated heterocycles. The molecule has 1 atom stereocenters. The van der Waals surface area contributed by atoms with Crippen LogP contribution < -0.4 is 47.9 Å². The van der Waals surface area contributed by atoms with Gasteiger partial charge in [0.1, 0.15) is 5.75 Å². The molecule has 3 amide bonds. The van der Waals surface area contributed by atoms with Gasteiger partial charge in [0, 0.05) is 49.0 Å². The molecule has 1 aliphatic heterocycles. The summed E-state index contributed by atoms with van der Waals surface area (Å²) in [5, 5.41) is 20.2. The fraction of sp³-hybridized carbons (Fsp3) is 0.293. The van der Waals surface area contributed by atoms with Crippen LogP contribution in [0.1, 0.15) is 56.1 Å². The largest absolute Gasteiger partial charge is 0.573 e. The maximum atomic E-state index is 13.1. The number of carbonyl (C=O) groups is 3. The molecule has 64 heavy (non-hydrogen) atoms. The maximum Gasteiger partial charge on any atom is 0.573 e. The van der Waals surface area contributed by atoms with Gasteiger partial charge >= 0.3 is 6.36 Å². The summed E-state index contributed by atoms with van der Waals surface area (Å²) in [6.45, 7) is 0.720. The number of aromatic nitrogens is 8. The molecule has 0 saturated carbocycles. The van der Waals surface area contributed by atoms with Crippen molar-refractivity contribution in [2.24, 2.45) is 25.6 Å². The predicted octanol–water partition coefficient (Wildman–Crippen LogP) is 3.82. The van der Waals surface area contributed by atoms with Crippen molar-refractivity contribution in [1.82, 2.24) is 44.8 Å². The van der Waals surface area contributed by atoms with E-state index in [0.717, 1.165) is 53.5 Å². The van der Waals surface area contributed by atoms with Gasteiger partial charge < -0.3 is 47.9 Å². The van der Waals surface area contributed by atoms with Gasteiger partial charge in [-0.05, 0) is 92.6 Å². The summed E-state index contributed by atoms with van der Waals surface area (Å²) in [6.07, 6.45) is 2.38. The number of amides is 3. The number of rotatable bonds is 10. The number of primary amides is 2. The van der Waals surface area contributed by atoms with E-state index in [0.29, 0.717) is 71.4 Å². The zero-order chi connectivity index (χ0) is 45.4. The number of hydrogen-bond donors (Lipinski definition) is 7. The molecule has 0 bridgehead atoms. The van der Waals surface area contributed by atoms with Crippen molar-refractivity contribution in [1.29, 1.82) is 0 Å². The first-order valence-electron chi connectivity index (χ1n) is 19.9. The zero-order valence-corrected chi connectivity index (χ0v) is 34.6. The number of aryl methyl sites for hydroxylation is 4. The number of nitrogens with one attached hydrogen (secondary N) is 4. The molecular formula is C41H42F3N15O5. The molecule has 10 N–H and O–H groups in total. The van der Waals surface area contributed by atoms with Gasteiger partial charge in [0.05, 0.1) is 47.3 Å². The third-order valence-corrected chi connectivity index (χ3v) is 10.8. The molecule has 0 unspecified atom stereocenters. The first-order valence-corrected chi connectivity index (χ1v) is 19.9. The Kier molecular flexibility index (Phi) is 11.5. The summed E-state index contributed by atoms with van der Waals surface area (Å²) in [4.78, 5) is 53.8. The van der Waals surface area contributed by atoms with Gasteiger partial charge in [-0.3, -0.25) is 23.7 Å². The number of benzene rings is 2. The molecule has 0 radical (unpaired) electrons. The lowest BCUT2D eigenvalue weighted by molar-refractivity contribution is -0.274. The van der Waals surface area contributed by atoms with Crippen LogP contribution in [0.2, 0.25) is 0 Å². The minimum atomic E-state index is -4.94. The van der Waals surface area contributed by atoms with E-state index in [1.165, 1.54) is 16.8 Å². The molecule has 20 nitrogen and oxygen atoms in total. The first kappa shape index (κ1) is 42.9. The zero-order valence-electron chi connectivity index (χ0n) is 34.6. The number of nitrogens with zero attached hydrogens (tertiary/aromatic N) is 8. The van der Waals surface area contributed by atoms with Crippen LogP contribution in [0, 0.1) is 0 Å². The smallest absolute Gasteiger partial charge is 0.495 e. The Hall–Kier alpha value is -7.82.